The van der Waals surface area contributed by atoms with Crippen molar-refractivity contribution >= 4 is 5.91 Å². The van der Waals surface area contributed by atoms with E-state index in [1.165, 1.54) is 0 Å². The maximum atomic E-state index is 12.5. The second-order valence-corrected chi connectivity index (χ2v) is 5.51. The summed E-state index contributed by atoms with van der Waals surface area (Å²) < 4.78 is 12.4. The fourth-order valence-corrected chi connectivity index (χ4v) is 2.85. The Morgan fingerprint density at radius 1 is 1.50 bits per heavy atom. The molecule has 0 N–H and O–H groups in total. The number of methoxy groups -OCH3 is 1. The van der Waals surface area contributed by atoms with Crippen molar-refractivity contribution in [2.24, 2.45) is 0 Å². The second kappa shape index (κ2) is 5.92. The van der Waals surface area contributed by atoms with Crippen LogP contribution in [0.25, 0.3) is 0 Å². The molecule has 0 saturated heterocycles. The molecule has 2 aromatic rings. The van der Waals surface area contributed by atoms with E-state index in [4.69, 9.17) is 9.26 Å². The molecule has 1 aliphatic rings. The Hall–Kier alpha value is -2.15. The fraction of sp³-hybridized carbons (Fsp3) is 0.533. The lowest BCUT2D eigenvalue weighted by molar-refractivity contribution is 0.0593. The molecule has 1 atom stereocenters. The minimum absolute atomic E-state index is 0.0945. The van der Waals surface area contributed by atoms with Gasteiger partial charge in [-0.1, -0.05) is 5.16 Å². The van der Waals surface area contributed by atoms with Crippen molar-refractivity contribution in [3.05, 3.63) is 35.2 Å². The first-order chi connectivity index (χ1) is 10.6. The lowest BCUT2D eigenvalue weighted by Gasteiger charge is -2.33. The first kappa shape index (κ1) is 14.8. The zero-order valence-electron chi connectivity index (χ0n) is 13.1. The molecule has 0 fully saturated rings. The number of amides is 1. The molecular weight excluding hydrogens is 284 g/mol. The summed E-state index contributed by atoms with van der Waals surface area (Å²) >= 11 is 0. The average Bonchev–Trinajstić information content (AvgIpc) is 3.12. The van der Waals surface area contributed by atoms with Gasteiger partial charge in [-0.25, -0.2) is 4.98 Å². The lowest BCUT2D eigenvalue weighted by Crippen LogP contribution is -2.41. The Balaban J connectivity index is 1.81. The molecule has 7 heteroatoms. The number of rotatable bonds is 4. The first-order valence-electron chi connectivity index (χ1n) is 7.39. The number of imidazole rings is 1. The quantitative estimate of drug-likeness (QED) is 0.857. The molecule has 0 aromatic carbocycles. The Labute approximate surface area is 128 Å². The number of nitrogens with zero attached hydrogens (tertiary/aromatic N) is 4. The van der Waals surface area contributed by atoms with Gasteiger partial charge >= 0.3 is 0 Å². The number of carbonyl (C=O) groups is 1. The van der Waals surface area contributed by atoms with E-state index in [2.05, 4.69) is 14.7 Å². The summed E-state index contributed by atoms with van der Waals surface area (Å²) in [7, 11) is 1.69. The van der Waals surface area contributed by atoms with Crippen LogP contribution in [0.15, 0.2) is 16.8 Å². The highest BCUT2D eigenvalue weighted by atomic mass is 16.5. The highest BCUT2D eigenvalue weighted by molar-refractivity contribution is 5.91. The molecule has 118 valence electrons. The van der Waals surface area contributed by atoms with Gasteiger partial charge in [0.05, 0.1) is 18.3 Å². The van der Waals surface area contributed by atoms with Crippen molar-refractivity contribution in [3.63, 3.8) is 0 Å². The van der Waals surface area contributed by atoms with Crippen molar-refractivity contribution in [2.75, 3.05) is 20.3 Å². The molecule has 3 rings (SSSR count). The van der Waals surface area contributed by atoms with Crippen molar-refractivity contribution < 1.29 is 14.1 Å². The normalized spacial score (nSPS) is 17.6. The molecule has 0 spiro atoms. The first-order valence-corrected chi connectivity index (χ1v) is 7.39. The summed E-state index contributed by atoms with van der Waals surface area (Å²) in [6.45, 7) is 5.81. The molecule has 3 heterocycles. The van der Waals surface area contributed by atoms with Crippen LogP contribution in [0.2, 0.25) is 0 Å². The van der Waals surface area contributed by atoms with E-state index in [1.54, 1.807) is 25.0 Å². The predicted molar refractivity (Wildman–Crippen MR) is 78.5 cm³/mol. The van der Waals surface area contributed by atoms with Gasteiger partial charge < -0.3 is 18.7 Å². The summed E-state index contributed by atoms with van der Waals surface area (Å²) in [6.07, 6.45) is 2.70. The third kappa shape index (κ3) is 2.52. The van der Waals surface area contributed by atoms with Crippen LogP contribution in [-0.4, -0.2) is 45.8 Å². The minimum Gasteiger partial charge on any atom is -0.384 e. The molecule has 0 radical (unpaired) electrons. The topological polar surface area (TPSA) is 73.4 Å². The second-order valence-electron chi connectivity index (χ2n) is 5.51. The molecule has 1 amide bonds. The average molecular weight is 304 g/mol. The Morgan fingerprint density at radius 3 is 3.00 bits per heavy atom. The van der Waals surface area contributed by atoms with Gasteiger partial charge in [0.25, 0.3) is 5.91 Å². The summed E-state index contributed by atoms with van der Waals surface area (Å²) in [5.74, 6) is 1.05. The molecule has 0 bridgehead atoms. The van der Waals surface area contributed by atoms with E-state index in [1.807, 2.05) is 13.1 Å². The summed E-state index contributed by atoms with van der Waals surface area (Å²) in [4.78, 5) is 18.8. The van der Waals surface area contributed by atoms with E-state index < -0.39 is 0 Å². The SMILES string of the molecule is COCCc1cnc2n1CCN(C(=O)c1cc(C)no1)[C@@H]2C. The van der Waals surface area contributed by atoms with E-state index in [-0.39, 0.29) is 17.7 Å². The van der Waals surface area contributed by atoms with Crippen molar-refractivity contribution in [3.8, 4) is 0 Å². The highest BCUT2D eigenvalue weighted by Gasteiger charge is 2.32. The Bertz CT molecular complexity index is 676. The Morgan fingerprint density at radius 2 is 2.32 bits per heavy atom. The maximum absolute atomic E-state index is 12.5. The monoisotopic (exact) mass is 304 g/mol. The van der Waals surface area contributed by atoms with E-state index >= 15 is 0 Å². The standard InChI is InChI=1S/C15H20N4O3/c1-10-8-13(22-17-10)15(20)18-5-6-19-12(4-7-21-3)9-16-14(19)11(18)2/h8-9,11H,4-7H2,1-3H3/t11-/m1/s1. The smallest absolute Gasteiger partial charge is 0.293 e. The number of hydrogen-bond donors (Lipinski definition) is 0. The van der Waals surface area contributed by atoms with E-state index in [0.29, 0.717) is 18.8 Å². The van der Waals surface area contributed by atoms with Gasteiger partial charge in [0, 0.05) is 44.6 Å². The number of ether oxygens (including phenoxy) is 1. The molecule has 7 nitrogen and oxygen atoms in total. The number of aromatic nitrogens is 3. The van der Waals surface area contributed by atoms with Gasteiger partial charge in [-0.15, -0.1) is 0 Å². The van der Waals surface area contributed by atoms with Gasteiger partial charge in [-0.3, -0.25) is 4.79 Å². The summed E-state index contributed by atoms with van der Waals surface area (Å²) in [6, 6.07) is 1.57. The van der Waals surface area contributed by atoms with Crippen molar-refractivity contribution in [1.82, 2.24) is 19.6 Å². The van der Waals surface area contributed by atoms with Gasteiger partial charge in [0.2, 0.25) is 5.76 Å². The van der Waals surface area contributed by atoms with Crippen LogP contribution < -0.4 is 0 Å². The van der Waals surface area contributed by atoms with Crippen LogP contribution in [0, 0.1) is 6.92 Å². The number of fused-ring (bicyclic) bond motifs is 1. The fourth-order valence-electron chi connectivity index (χ4n) is 2.85. The van der Waals surface area contributed by atoms with Crippen LogP contribution in [0.4, 0.5) is 0 Å². The highest BCUT2D eigenvalue weighted by Crippen LogP contribution is 2.27. The summed E-state index contributed by atoms with van der Waals surface area (Å²) in [5.41, 5.74) is 1.85. The molecule has 22 heavy (non-hydrogen) atoms. The van der Waals surface area contributed by atoms with Gasteiger partial charge in [-0.2, -0.15) is 0 Å². The molecule has 0 aliphatic carbocycles. The maximum Gasteiger partial charge on any atom is 0.293 e. The van der Waals surface area contributed by atoms with Gasteiger partial charge in [0.1, 0.15) is 5.82 Å². The van der Waals surface area contributed by atoms with Crippen molar-refractivity contribution in [1.29, 1.82) is 0 Å². The number of aryl methyl sites for hydroxylation is 1. The third-order valence-corrected chi connectivity index (χ3v) is 4.04. The molecule has 2 aromatic heterocycles. The van der Waals surface area contributed by atoms with Crippen LogP contribution in [0.3, 0.4) is 0 Å². The zero-order valence-corrected chi connectivity index (χ0v) is 13.1. The molecule has 1 aliphatic heterocycles. The molecule has 0 saturated carbocycles. The van der Waals surface area contributed by atoms with Gasteiger partial charge in [0.15, 0.2) is 0 Å². The minimum atomic E-state index is -0.138. The lowest BCUT2D eigenvalue weighted by atomic mass is 10.2. The van der Waals surface area contributed by atoms with Crippen LogP contribution in [0.5, 0.6) is 0 Å². The zero-order chi connectivity index (χ0) is 15.7. The Kier molecular flexibility index (Phi) is 3.98. The molecular formula is C15H20N4O3. The van der Waals surface area contributed by atoms with Crippen LogP contribution in [-0.2, 0) is 17.7 Å². The third-order valence-electron chi connectivity index (χ3n) is 4.04. The largest absolute Gasteiger partial charge is 0.384 e. The van der Waals surface area contributed by atoms with Crippen molar-refractivity contribution in [2.45, 2.75) is 32.9 Å². The van der Waals surface area contributed by atoms with E-state index in [0.717, 1.165) is 24.5 Å². The number of carbonyl (C=O) groups excluding carboxylic acids is 1. The predicted octanol–water partition coefficient (Wildman–Crippen LogP) is 1.59. The number of hydrogen-bond acceptors (Lipinski definition) is 5. The van der Waals surface area contributed by atoms with Crippen LogP contribution in [0.1, 0.15) is 40.7 Å². The van der Waals surface area contributed by atoms with E-state index in [9.17, 15) is 4.79 Å². The van der Waals surface area contributed by atoms with Crippen LogP contribution >= 0.6 is 0 Å². The molecule has 0 unspecified atom stereocenters. The summed E-state index contributed by atoms with van der Waals surface area (Å²) in [5, 5.41) is 3.78. The van der Waals surface area contributed by atoms with Gasteiger partial charge in [-0.05, 0) is 13.8 Å².